The third kappa shape index (κ3) is 4.93. The third-order valence-electron chi connectivity index (χ3n) is 5.83. The van der Waals surface area contributed by atoms with Crippen LogP contribution in [-0.2, 0) is 19.1 Å². The van der Waals surface area contributed by atoms with E-state index >= 15 is 0 Å². The van der Waals surface area contributed by atoms with Crippen molar-refractivity contribution in [1.82, 2.24) is 10.2 Å². The minimum absolute atomic E-state index is 0.0446. The maximum absolute atomic E-state index is 13.2. The van der Waals surface area contributed by atoms with Crippen LogP contribution in [-0.4, -0.2) is 54.7 Å². The monoisotopic (exact) mass is 418 g/mol. The Labute approximate surface area is 176 Å². The molecule has 1 aromatic rings. The smallest absolute Gasteiger partial charge is 0.289 e. The van der Waals surface area contributed by atoms with Gasteiger partial charge >= 0.3 is 0 Å². The molecule has 2 saturated heterocycles. The van der Waals surface area contributed by atoms with Crippen molar-refractivity contribution < 1.29 is 19.1 Å². The molecule has 1 aromatic carbocycles. The predicted molar refractivity (Wildman–Crippen MR) is 110 cm³/mol. The molecular weight excluding hydrogens is 392 g/mol. The second-order valence-corrected chi connectivity index (χ2v) is 8.38. The summed E-state index contributed by atoms with van der Waals surface area (Å²) in [6.45, 7) is 1.30. The number of fused-ring (bicyclic) bond motifs is 1. The average molecular weight is 419 g/mol. The SMILES string of the molecule is O=C(CN1C(=O)/C(=C\c2cccc(Cl)c2)OC2CCCCC21)NCC1CCCO1. The minimum atomic E-state index is -0.236. The molecule has 156 valence electrons. The quantitative estimate of drug-likeness (QED) is 0.746. The van der Waals surface area contributed by atoms with E-state index in [9.17, 15) is 9.59 Å². The van der Waals surface area contributed by atoms with Crippen LogP contribution in [0.25, 0.3) is 6.08 Å². The molecule has 0 radical (unpaired) electrons. The van der Waals surface area contributed by atoms with E-state index in [0.717, 1.165) is 50.7 Å². The first-order valence-corrected chi connectivity index (χ1v) is 10.8. The highest BCUT2D eigenvalue weighted by Gasteiger charge is 2.42. The summed E-state index contributed by atoms with van der Waals surface area (Å²) in [7, 11) is 0. The fourth-order valence-corrected chi connectivity index (χ4v) is 4.55. The molecule has 3 aliphatic rings. The molecule has 0 bridgehead atoms. The molecule has 6 nitrogen and oxygen atoms in total. The van der Waals surface area contributed by atoms with Crippen molar-refractivity contribution in [1.29, 1.82) is 0 Å². The zero-order chi connectivity index (χ0) is 20.2. The average Bonchev–Trinajstić information content (AvgIpc) is 3.23. The molecule has 3 atom stereocenters. The van der Waals surface area contributed by atoms with E-state index in [2.05, 4.69) is 5.32 Å². The van der Waals surface area contributed by atoms with Gasteiger partial charge < -0.3 is 19.7 Å². The van der Waals surface area contributed by atoms with Crippen molar-refractivity contribution >= 4 is 29.5 Å². The highest BCUT2D eigenvalue weighted by atomic mass is 35.5. The van der Waals surface area contributed by atoms with Gasteiger partial charge in [0, 0.05) is 18.2 Å². The normalized spacial score (nSPS) is 28.2. The number of benzene rings is 1. The molecule has 0 aromatic heterocycles. The maximum atomic E-state index is 13.2. The van der Waals surface area contributed by atoms with Crippen LogP contribution < -0.4 is 5.32 Å². The van der Waals surface area contributed by atoms with Gasteiger partial charge in [0.25, 0.3) is 5.91 Å². The van der Waals surface area contributed by atoms with E-state index in [1.807, 2.05) is 12.1 Å². The van der Waals surface area contributed by atoms with E-state index < -0.39 is 0 Å². The second-order valence-electron chi connectivity index (χ2n) is 7.94. The van der Waals surface area contributed by atoms with E-state index in [1.54, 1.807) is 23.1 Å². The molecule has 1 N–H and O–H groups in total. The minimum Gasteiger partial charge on any atom is -0.482 e. The van der Waals surface area contributed by atoms with Gasteiger partial charge in [-0.3, -0.25) is 9.59 Å². The highest BCUT2D eigenvalue weighted by Crippen LogP contribution is 2.33. The van der Waals surface area contributed by atoms with Crippen molar-refractivity contribution in [2.45, 2.75) is 56.8 Å². The summed E-state index contributed by atoms with van der Waals surface area (Å²) in [6, 6.07) is 7.23. The summed E-state index contributed by atoms with van der Waals surface area (Å²) in [5.74, 6) is -0.107. The molecule has 1 aliphatic carbocycles. The van der Waals surface area contributed by atoms with Crippen LogP contribution in [0.3, 0.4) is 0 Å². The fourth-order valence-electron chi connectivity index (χ4n) is 4.35. The van der Waals surface area contributed by atoms with Gasteiger partial charge in [-0.05, 0) is 55.9 Å². The van der Waals surface area contributed by atoms with Crippen molar-refractivity contribution in [2.24, 2.45) is 0 Å². The zero-order valence-electron chi connectivity index (χ0n) is 16.4. The molecule has 3 unspecified atom stereocenters. The number of rotatable bonds is 5. The Bertz CT molecular complexity index is 791. The topological polar surface area (TPSA) is 67.9 Å². The number of carbonyl (C=O) groups is 2. The molecule has 2 aliphatic heterocycles. The Kier molecular flexibility index (Phi) is 6.40. The largest absolute Gasteiger partial charge is 0.482 e. The number of carbonyl (C=O) groups excluding carboxylic acids is 2. The van der Waals surface area contributed by atoms with Crippen LogP contribution in [0.1, 0.15) is 44.1 Å². The summed E-state index contributed by atoms with van der Waals surface area (Å²) in [6.07, 6.45) is 7.59. The molecule has 0 spiro atoms. The van der Waals surface area contributed by atoms with Gasteiger partial charge in [0.1, 0.15) is 12.6 Å². The molecule has 2 amide bonds. The van der Waals surface area contributed by atoms with Gasteiger partial charge in [-0.2, -0.15) is 0 Å². The predicted octanol–water partition coefficient (Wildman–Crippen LogP) is 3.15. The number of nitrogens with one attached hydrogen (secondary N) is 1. The van der Waals surface area contributed by atoms with E-state index in [4.69, 9.17) is 21.1 Å². The first kappa shape index (κ1) is 20.2. The first-order valence-electron chi connectivity index (χ1n) is 10.4. The Morgan fingerprint density at radius 2 is 2.10 bits per heavy atom. The van der Waals surface area contributed by atoms with Crippen molar-refractivity contribution in [3.63, 3.8) is 0 Å². The van der Waals surface area contributed by atoms with Gasteiger partial charge in [-0.25, -0.2) is 0 Å². The standard InChI is InChI=1S/C22H27ClN2O4/c23-16-6-3-5-15(11-16)12-20-22(27)25(18-8-1-2-9-19(18)29-20)14-21(26)24-13-17-7-4-10-28-17/h3,5-6,11-12,17-19H,1-2,4,7-10,13-14H2,(H,24,26)/b20-12+. The van der Waals surface area contributed by atoms with Crippen LogP contribution >= 0.6 is 11.6 Å². The van der Waals surface area contributed by atoms with Gasteiger partial charge in [0.15, 0.2) is 5.76 Å². The van der Waals surface area contributed by atoms with Crippen molar-refractivity contribution in [3.8, 4) is 0 Å². The molecular formula is C22H27ClN2O4. The molecule has 3 fully saturated rings. The Balaban J connectivity index is 1.48. The number of amides is 2. The summed E-state index contributed by atoms with van der Waals surface area (Å²) < 4.78 is 11.6. The Morgan fingerprint density at radius 1 is 1.24 bits per heavy atom. The lowest BCUT2D eigenvalue weighted by Gasteiger charge is -2.44. The number of hydrogen-bond acceptors (Lipinski definition) is 4. The number of morpholine rings is 1. The molecule has 7 heteroatoms. The van der Waals surface area contributed by atoms with Crippen molar-refractivity contribution in [2.75, 3.05) is 19.7 Å². The summed E-state index contributed by atoms with van der Waals surface area (Å²) in [5, 5.41) is 3.52. The van der Waals surface area contributed by atoms with Gasteiger partial charge in [0.05, 0.1) is 12.1 Å². The van der Waals surface area contributed by atoms with Crippen LogP contribution in [0.2, 0.25) is 5.02 Å². The van der Waals surface area contributed by atoms with Crippen LogP contribution in [0.5, 0.6) is 0 Å². The second kappa shape index (κ2) is 9.18. The van der Waals surface area contributed by atoms with Crippen LogP contribution in [0.4, 0.5) is 0 Å². The van der Waals surface area contributed by atoms with Crippen LogP contribution in [0.15, 0.2) is 30.0 Å². The molecule has 2 heterocycles. The van der Waals surface area contributed by atoms with E-state index in [0.29, 0.717) is 11.6 Å². The molecule has 1 saturated carbocycles. The lowest BCUT2D eigenvalue weighted by atomic mass is 9.89. The lowest BCUT2D eigenvalue weighted by Crippen LogP contribution is -2.57. The van der Waals surface area contributed by atoms with Crippen molar-refractivity contribution in [3.05, 3.63) is 40.6 Å². The lowest BCUT2D eigenvalue weighted by molar-refractivity contribution is -0.151. The summed E-state index contributed by atoms with van der Waals surface area (Å²) in [4.78, 5) is 27.4. The third-order valence-corrected chi connectivity index (χ3v) is 6.06. The van der Waals surface area contributed by atoms with Gasteiger partial charge in [0.2, 0.25) is 5.91 Å². The highest BCUT2D eigenvalue weighted by molar-refractivity contribution is 6.30. The van der Waals surface area contributed by atoms with Gasteiger partial charge in [-0.1, -0.05) is 30.2 Å². The number of nitrogens with zero attached hydrogens (tertiary/aromatic N) is 1. The molecule has 29 heavy (non-hydrogen) atoms. The Hall–Kier alpha value is -2.05. The fraction of sp³-hybridized carbons (Fsp3) is 0.545. The van der Waals surface area contributed by atoms with Gasteiger partial charge in [-0.15, -0.1) is 0 Å². The summed E-state index contributed by atoms with van der Waals surface area (Å²) in [5.41, 5.74) is 0.804. The number of halogens is 1. The maximum Gasteiger partial charge on any atom is 0.289 e. The molecule has 4 rings (SSSR count). The first-order chi connectivity index (χ1) is 14.1. The number of ether oxygens (including phenoxy) is 2. The van der Waals surface area contributed by atoms with Crippen LogP contribution in [0, 0.1) is 0 Å². The summed E-state index contributed by atoms with van der Waals surface area (Å²) >= 11 is 6.07. The van der Waals surface area contributed by atoms with E-state index in [1.165, 1.54) is 0 Å². The zero-order valence-corrected chi connectivity index (χ0v) is 17.2. The van der Waals surface area contributed by atoms with E-state index in [-0.39, 0.29) is 42.4 Å². The number of hydrogen-bond donors (Lipinski definition) is 1. The Morgan fingerprint density at radius 3 is 2.90 bits per heavy atom.